The number of nitrogens with zero attached hydrogens (tertiary/aromatic N) is 2. The number of quaternary nitrogens is 2. The molecule has 0 radical (unpaired) electrons. The Morgan fingerprint density at radius 2 is 0.512 bits per heavy atom. The third kappa shape index (κ3) is 31.8. The number of hydrogen-bond donors (Lipinski definition) is 0. The van der Waals surface area contributed by atoms with Gasteiger partial charge in [0.25, 0.3) is 0 Å². The van der Waals surface area contributed by atoms with Crippen molar-refractivity contribution in [1.82, 2.24) is 0 Å². The van der Waals surface area contributed by atoms with Crippen molar-refractivity contribution in [2.24, 2.45) is 0 Å². The van der Waals surface area contributed by atoms with Crippen LogP contribution in [0.3, 0.4) is 0 Å². The molecule has 0 aliphatic heterocycles. The molecule has 0 aromatic carbocycles. The summed E-state index contributed by atoms with van der Waals surface area (Å²) < 4.78 is 61.7. The molecule has 0 bridgehead atoms. The van der Waals surface area contributed by atoms with Crippen molar-refractivity contribution in [2.45, 2.75) is 158 Å². The molecule has 0 N–H and O–H groups in total. The van der Waals surface area contributed by atoms with Crippen LogP contribution in [0.4, 0.5) is 0 Å². The van der Waals surface area contributed by atoms with Crippen LogP contribution in [0, 0.1) is 0 Å². The zero-order valence-electron chi connectivity index (χ0n) is 29.5. The van der Waals surface area contributed by atoms with Crippen LogP contribution in [-0.4, -0.2) is 61.3 Å². The Labute approximate surface area is 272 Å². The van der Waals surface area contributed by atoms with Gasteiger partial charge in [-0.2, -0.15) is 0 Å². The van der Waals surface area contributed by atoms with Crippen molar-refractivity contribution in [3.05, 3.63) is 0 Å². The van der Waals surface area contributed by atoms with Gasteiger partial charge in [-0.1, -0.05) is 107 Å². The number of hydrogen-bond acceptors (Lipinski definition) is 7. The second kappa shape index (κ2) is 29.5. The monoisotopic (exact) mass is 700 g/mol. The Kier molecular flexibility index (Phi) is 32.5. The van der Waals surface area contributed by atoms with Crippen LogP contribution in [-0.2, 0) is 45.3 Å². The van der Waals surface area contributed by atoms with Crippen molar-refractivity contribution < 1.29 is 62.6 Å². The molecule has 0 rings (SSSR count). The first-order chi connectivity index (χ1) is 20.2. The zero-order chi connectivity index (χ0) is 33.7. The molecule has 0 aliphatic rings. The molecule has 0 aromatic rings. The minimum absolute atomic E-state index is 1.35. The molecule has 0 aromatic heterocycles. The molecule has 11 heteroatoms. The van der Waals surface area contributed by atoms with Crippen LogP contribution < -0.4 is 8.32 Å². The third-order valence-electron chi connectivity index (χ3n) is 8.05. The maximum atomic E-state index is 9.38. The van der Waals surface area contributed by atoms with E-state index in [1.165, 1.54) is 164 Å². The van der Waals surface area contributed by atoms with Crippen molar-refractivity contribution >= 4 is 0 Å². The van der Waals surface area contributed by atoms with Gasteiger partial charge in [-0.3, -0.25) is 0 Å². The minimum atomic E-state index is -6.07. The summed E-state index contributed by atoms with van der Waals surface area (Å²) in [6.45, 7) is 30.0. The fraction of sp³-hybridized carbons (Fsp3) is 1.00. The number of unbranched alkanes of at least 4 members (excludes halogenated alkanes) is 8. The van der Waals surface area contributed by atoms with Gasteiger partial charge >= 0.3 is 53.6 Å². The Hall–Kier alpha value is 0.0649. The van der Waals surface area contributed by atoms with Gasteiger partial charge in [0.05, 0.1) is 52.4 Å². The van der Waals surface area contributed by atoms with Crippen molar-refractivity contribution in [3.63, 3.8) is 0 Å². The van der Waals surface area contributed by atoms with Gasteiger partial charge in [0.1, 0.15) is 0 Å². The molecule has 0 saturated carbocycles. The van der Waals surface area contributed by atoms with Gasteiger partial charge in [0.2, 0.25) is 0 Å². The predicted octanol–water partition coefficient (Wildman–Crippen LogP) is 7.08. The van der Waals surface area contributed by atoms with Crippen molar-refractivity contribution in [2.75, 3.05) is 52.4 Å². The second-order valence-electron chi connectivity index (χ2n) is 12.2. The summed E-state index contributed by atoms with van der Waals surface area (Å²) in [5.41, 5.74) is 0. The molecule has 43 heavy (non-hydrogen) atoms. The topological polar surface area (TPSA) is 124 Å². The summed E-state index contributed by atoms with van der Waals surface area (Å²) >= 11 is -12.1. The molecule has 0 aliphatic carbocycles. The maximum absolute atomic E-state index is 9.38. The third-order valence-corrected chi connectivity index (χ3v) is 10.7. The summed E-state index contributed by atoms with van der Waals surface area (Å²) in [4.78, 5) is 0. The van der Waals surface area contributed by atoms with E-state index in [-0.39, 0.29) is 0 Å². The van der Waals surface area contributed by atoms with E-state index in [0.29, 0.717) is 0 Å². The first-order valence-corrected chi connectivity index (χ1v) is 21.7. The molecule has 9 nitrogen and oxygen atoms in total. The summed E-state index contributed by atoms with van der Waals surface area (Å²) in [5, 5.41) is 0. The summed E-state index contributed by atoms with van der Waals surface area (Å²) in [6.07, 6.45) is 22.1. The van der Waals surface area contributed by atoms with Crippen LogP contribution in [0.15, 0.2) is 0 Å². The van der Waals surface area contributed by atoms with E-state index in [2.05, 4.69) is 58.2 Å². The van der Waals surface area contributed by atoms with Crippen LogP contribution in [0.25, 0.3) is 0 Å². The zero-order valence-corrected chi connectivity index (χ0v) is 32.1. The van der Waals surface area contributed by atoms with E-state index in [4.69, 9.17) is 0 Å². The Morgan fingerprint density at radius 3 is 0.581 bits per heavy atom. The van der Waals surface area contributed by atoms with Crippen LogP contribution in [0.5, 0.6) is 0 Å². The van der Waals surface area contributed by atoms with Crippen molar-refractivity contribution in [3.8, 4) is 0 Å². The standard InChI is InChI=1S/2C16H36N.2Cr.7O/c2*1-5-9-13-17(14-10-6-2,15-11-7-3)16-12-8-4;;;;;;;;;/h2*5-16H2,1-4H3;;;;;;;;;/q2*+1;;;;;;;;2*-1. The number of rotatable bonds is 26. The van der Waals surface area contributed by atoms with Gasteiger partial charge in [-0.25, -0.2) is 0 Å². The molecule has 0 fully saturated rings. The average Bonchev–Trinajstić information content (AvgIpc) is 2.94. The molecule has 0 saturated heterocycles. The first-order valence-electron chi connectivity index (χ1n) is 17.5. The first kappa shape index (κ1) is 47.5. The van der Waals surface area contributed by atoms with E-state index in [0.717, 1.165) is 0 Å². The molecule has 0 spiro atoms. The molecule has 264 valence electrons. The summed E-state index contributed by atoms with van der Waals surface area (Å²) in [5.74, 6) is 0. The fourth-order valence-corrected chi connectivity index (χ4v) is 7.02. The molecule has 0 heterocycles. The van der Waals surface area contributed by atoms with Crippen molar-refractivity contribution in [1.29, 1.82) is 0 Å². The SMILES string of the molecule is CCCC[N+](CCCC)(CCCC)CCCC.CCCC[N+](CCCC)(CCCC)CCCC.[O]=[Cr](=[O])([O-])[O][Cr](=[O])(=[O])[O-]. The molecule has 0 unspecified atom stereocenters. The van der Waals surface area contributed by atoms with E-state index in [9.17, 15) is 23.5 Å². The van der Waals surface area contributed by atoms with Gasteiger partial charge in [-0.05, 0) is 51.4 Å². The predicted molar refractivity (Wildman–Crippen MR) is 163 cm³/mol. The quantitative estimate of drug-likeness (QED) is 0.0884. The van der Waals surface area contributed by atoms with Gasteiger partial charge < -0.3 is 8.97 Å². The molecular formula is C32H72Cr2N2O7. The Bertz CT molecular complexity index is 666. The van der Waals surface area contributed by atoms with Crippen LogP contribution >= 0.6 is 0 Å². The van der Waals surface area contributed by atoms with Gasteiger partial charge in [0.15, 0.2) is 0 Å². The normalized spacial score (nSPS) is 12.3. The van der Waals surface area contributed by atoms with E-state index in [1.807, 2.05) is 0 Å². The summed E-state index contributed by atoms with van der Waals surface area (Å²) in [6, 6.07) is 0. The molecular weight excluding hydrogens is 628 g/mol. The Morgan fingerprint density at radius 1 is 0.372 bits per heavy atom. The summed E-state index contributed by atoms with van der Waals surface area (Å²) in [7, 11) is 0. The van der Waals surface area contributed by atoms with E-state index < -0.39 is 27.2 Å². The van der Waals surface area contributed by atoms with Crippen LogP contribution in [0.1, 0.15) is 158 Å². The second-order valence-corrected chi connectivity index (χ2v) is 15.8. The fourth-order valence-electron chi connectivity index (χ4n) is 5.39. The van der Waals surface area contributed by atoms with E-state index in [1.54, 1.807) is 0 Å². The van der Waals surface area contributed by atoms with Gasteiger partial charge in [0, 0.05) is 0 Å². The molecule has 0 amide bonds. The van der Waals surface area contributed by atoms with E-state index >= 15 is 0 Å². The van der Waals surface area contributed by atoms with Gasteiger partial charge in [-0.15, -0.1) is 0 Å². The molecule has 0 atom stereocenters. The Balaban J connectivity index is -0.000000586. The van der Waals surface area contributed by atoms with Crippen LogP contribution in [0.2, 0.25) is 0 Å². The average molecular weight is 701 g/mol.